The van der Waals surface area contributed by atoms with Gasteiger partial charge in [-0.25, -0.2) is 0 Å². The van der Waals surface area contributed by atoms with Gasteiger partial charge in [0.15, 0.2) is 0 Å². The van der Waals surface area contributed by atoms with Crippen molar-refractivity contribution in [2.45, 2.75) is 52.6 Å². The highest BCUT2D eigenvalue weighted by Crippen LogP contribution is 2.35. The van der Waals surface area contributed by atoms with Crippen molar-refractivity contribution in [1.82, 2.24) is 4.90 Å². The Labute approximate surface area is 116 Å². The van der Waals surface area contributed by atoms with Crippen LogP contribution in [0.5, 0.6) is 0 Å². The third-order valence-electron chi connectivity index (χ3n) is 4.36. The molecule has 0 heterocycles. The van der Waals surface area contributed by atoms with Gasteiger partial charge in [0.2, 0.25) is 5.91 Å². The van der Waals surface area contributed by atoms with Crippen LogP contribution in [0.3, 0.4) is 0 Å². The third-order valence-corrected chi connectivity index (χ3v) is 4.36. The van der Waals surface area contributed by atoms with Crippen molar-refractivity contribution in [2.24, 2.45) is 17.8 Å². The fourth-order valence-electron chi connectivity index (χ4n) is 2.66. The Morgan fingerprint density at radius 2 is 1.63 bits per heavy atom. The summed E-state index contributed by atoms with van der Waals surface area (Å²) in [6, 6.07) is 0. The van der Waals surface area contributed by atoms with Crippen molar-refractivity contribution < 1.29 is 14.3 Å². The molecule has 1 saturated carbocycles. The van der Waals surface area contributed by atoms with Crippen molar-refractivity contribution in [3.63, 3.8) is 0 Å². The molecular weight excluding hydrogens is 242 g/mol. The van der Waals surface area contributed by atoms with Crippen LogP contribution < -0.4 is 0 Å². The largest absolute Gasteiger partial charge is 0.462 e. The van der Waals surface area contributed by atoms with E-state index >= 15 is 0 Å². The Kier molecular flexibility index (Phi) is 5.83. The lowest BCUT2D eigenvalue weighted by Crippen LogP contribution is -2.39. The lowest BCUT2D eigenvalue weighted by molar-refractivity contribution is -0.159. The second kappa shape index (κ2) is 6.92. The van der Waals surface area contributed by atoms with Gasteiger partial charge in [-0.3, -0.25) is 9.59 Å². The predicted octanol–water partition coefficient (Wildman–Crippen LogP) is 2.47. The molecule has 0 bridgehead atoms. The van der Waals surface area contributed by atoms with E-state index in [1.54, 1.807) is 14.1 Å². The molecule has 0 aliphatic heterocycles. The summed E-state index contributed by atoms with van der Waals surface area (Å²) < 4.78 is 5.61. The maximum atomic E-state index is 11.8. The molecule has 4 heteroatoms. The minimum atomic E-state index is -0.243. The molecule has 1 fully saturated rings. The number of carbonyl (C=O) groups excluding carboxylic acids is 2. The minimum Gasteiger partial charge on any atom is -0.462 e. The van der Waals surface area contributed by atoms with Crippen LogP contribution in [0, 0.1) is 17.8 Å². The Morgan fingerprint density at radius 1 is 1.05 bits per heavy atom. The summed E-state index contributed by atoms with van der Waals surface area (Å²) in [6.45, 7) is 6.52. The first kappa shape index (κ1) is 16.0. The Bertz CT molecular complexity index is 327. The second-order valence-corrected chi connectivity index (χ2v) is 6.13. The van der Waals surface area contributed by atoms with Crippen LogP contribution in [-0.2, 0) is 14.3 Å². The van der Waals surface area contributed by atoms with E-state index in [1.807, 2.05) is 0 Å². The summed E-state index contributed by atoms with van der Waals surface area (Å²) in [5.41, 5.74) is 0. The molecule has 0 aromatic heterocycles. The quantitative estimate of drug-likeness (QED) is 0.737. The second-order valence-electron chi connectivity index (χ2n) is 6.13. The van der Waals surface area contributed by atoms with Crippen LogP contribution in [0.2, 0.25) is 0 Å². The zero-order valence-corrected chi connectivity index (χ0v) is 12.8. The summed E-state index contributed by atoms with van der Waals surface area (Å²) in [5, 5.41) is 0. The predicted molar refractivity (Wildman–Crippen MR) is 74.5 cm³/mol. The lowest BCUT2D eigenvalue weighted by atomic mass is 9.74. The van der Waals surface area contributed by atoms with E-state index in [-0.39, 0.29) is 30.8 Å². The number of carbonyl (C=O) groups is 2. The summed E-state index contributed by atoms with van der Waals surface area (Å²) in [7, 11) is 3.39. The first-order valence-electron chi connectivity index (χ1n) is 7.22. The van der Waals surface area contributed by atoms with Crippen molar-refractivity contribution >= 4 is 11.9 Å². The van der Waals surface area contributed by atoms with Gasteiger partial charge in [-0.2, -0.15) is 0 Å². The molecule has 110 valence electrons. The van der Waals surface area contributed by atoms with E-state index in [2.05, 4.69) is 20.8 Å². The maximum absolute atomic E-state index is 11.8. The maximum Gasteiger partial charge on any atom is 0.306 e. The Balaban J connectivity index is 2.44. The third kappa shape index (κ3) is 4.51. The van der Waals surface area contributed by atoms with E-state index in [9.17, 15) is 9.59 Å². The first-order chi connectivity index (χ1) is 8.82. The highest BCUT2D eigenvalue weighted by Gasteiger charge is 2.35. The Hall–Kier alpha value is -1.06. The van der Waals surface area contributed by atoms with Gasteiger partial charge in [-0.15, -0.1) is 0 Å². The van der Waals surface area contributed by atoms with E-state index in [0.29, 0.717) is 17.8 Å². The topological polar surface area (TPSA) is 46.6 Å². The van der Waals surface area contributed by atoms with Crippen molar-refractivity contribution in [3.8, 4) is 0 Å². The van der Waals surface area contributed by atoms with Crippen LogP contribution in [0.15, 0.2) is 0 Å². The van der Waals surface area contributed by atoms with Gasteiger partial charge in [0.1, 0.15) is 6.10 Å². The summed E-state index contributed by atoms with van der Waals surface area (Å²) in [4.78, 5) is 24.8. The molecule has 0 N–H and O–H groups in total. The zero-order valence-electron chi connectivity index (χ0n) is 12.8. The minimum absolute atomic E-state index is 0.00529. The van der Waals surface area contributed by atoms with Crippen LogP contribution in [0.4, 0.5) is 0 Å². The smallest absolute Gasteiger partial charge is 0.306 e. The van der Waals surface area contributed by atoms with Crippen LogP contribution in [0.25, 0.3) is 0 Å². The highest BCUT2D eigenvalue weighted by atomic mass is 16.5. The van der Waals surface area contributed by atoms with Crippen LogP contribution >= 0.6 is 0 Å². The van der Waals surface area contributed by atoms with E-state index in [1.165, 1.54) is 11.3 Å². The van der Waals surface area contributed by atoms with Crippen molar-refractivity contribution in [2.75, 3.05) is 14.1 Å². The number of hydrogen-bond donors (Lipinski definition) is 0. The molecule has 0 spiro atoms. The summed E-state index contributed by atoms with van der Waals surface area (Å²) in [5.74, 6) is 1.14. The van der Waals surface area contributed by atoms with Gasteiger partial charge < -0.3 is 9.64 Å². The molecule has 4 atom stereocenters. The molecule has 0 aromatic carbocycles. The van der Waals surface area contributed by atoms with Gasteiger partial charge in [-0.1, -0.05) is 20.8 Å². The lowest BCUT2D eigenvalue weighted by Gasteiger charge is -2.38. The summed E-state index contributed by atoms with van der Waals surface area (Å²) in [6.07, 6.45) is 2.74. The molecule has 1 rings (SSSR count). The molecule has 0 radical (unpaired) electrons. The van der Waals surface area contributed by atoms with Crippen LogP contribution in [0.1, 0.15) is 46.5 Å². The molecule has 0 aromatic rings. The number of hydrogen-bond acceptors (Lipinski definition) is 3. The average Bonchev–Trinajstić information content (AvgIpc) is 2.36. The highest BCUT2D eigenvalue weighted by molar-refractivity contribution is 5.81. The SMILES string of the molecule is CC1CCC(C)[C@@H](OC(=O)CCC(=O)N(C)C)[C@@H]1C. The van der Waals surface area contributed by atoms with Gasteiger partial charge in [-0.05, 0) is 30.6 Å². The van der Waals surface area contributed by atoms with E-state index in [4.69, 9.17) is 4.74 Å². The molecule has 4 nitrogen and oxygen atoms in total. The molecule has 1 aliphatic rings. The number of ether oxygens (including phenoxy) is 1. The van der Waals surface area contributed by atoms with E-state index in [0.717, 1.165) is 6.42 Å². The summed E-state index contributed by atoms with van der Waals surface area (Å²) >= 11 is 0. The molecular formula is C15H27NO3. The molecule has 0 saturated heterocycles. The average molecular weight is 269 g/mol. The van der Waals surface area contributed by atoms with Crippen molar-refractivity contribution in [3.05, 3.63) is 0 Å². The number of rotatable bonds is 4. The van der Waals surface area contributed by atoms with Gasteiger partial charge in [0.25, 0.3) is 0 Å². The molecule has 19 heavy (non-hydrogen) atoms. The van der Waals surface area contributed by atoms with E-state index < -0.39 is 0 Å². The number of esters is 1. The Morgan fingerprint density at radius 3 is 2.21 bits per heavy atom. The fraction of sp³-hybridized carbons (Fsp3) is 0.867. The fourth-order valence-corrected chi connectivity index (χ4v) is 2.66. The van der Waals surface area contributed by atoms with Crippen molar-refractivity contribution in [1.29, 1.82) is 0 Å². The normalized spacial score (nSPS) is 30.8. The first-order valence-corrected chi connectivity index (χ1v) is 7.22. The van der Waals surface area contributed by atoms with Gasteiger partial charge in [0, 0.05) is 20.5 Å². The molecule has 1 amide bonds. The van der Waals surface area contributed by atoms with Gasteiger partial charge >= 0.3 is 5.97 Å². The zero-order chi connectivity index (χ0) is 14.6. The number of nitrogens with zero attached hydrogens (tertiary/aromatic N) is 1. The molecule has 1 aliphatic carbocycles. The molecule has 2 unspecified atom stereocenters. The van der Waals surface area contributed by atoms with Gasteiger partial charge in [0.05, 0.1) is 6.42 Å². The monoisotopic (exact) mass is 269 g/mol. The van der Waals surface area contributed by atoms with Crippen LogP contribution in [-0.4, -0.2) is 37.0 Å². The standard InChI is InChI=1S/C15H27NO3/c1-10-6-7-11(2)15(12(10)3)19-14(18)9-8-13(17)16(4)5/h10-12,15H,6-9H2,1-5H3/t10?,11?,12-,15-/m1/s1. The number of amides is 1.